The molecule has 0 bridgehead atoms. The van der Waals surface area contributed by atoms with Crippen LogP contribution in [0.1, 0.15) is 24.3 Å². The third-order valence-corrected chi connectivity index (χ3v) is 5.86. The van der Waals surface area contributed by atoms with E-state index in [-0.39, 0.29) is 45.7 Å². The summed E-state index contributed by atoms with van der Waals surface area (Å²) in [6.07, 6.45) is -1.23. The number of carbonyl (C=O) groups excluding carboxylic acids is 1. The van der Waals surface area contributed by atoms with Crippen molar-refractivity contribution in [3.63, 3.8) is 0 Å². The molecular weight excluding hydrogens is 475 g/mol. The zero-order chi connectivity index (χ0) is 25.1. The molecule has 2 atom stereocenters. The second kappa shape index (κ2) is 8.26. The molecular formula is C22H19F5N6O2. The van der Waals surface area contributed by atoms with Crippen molar-refractivity contribution in [2.75, 3.05) is 13.2 Å². The van der Waals surface area contributed by atoms with Gasteiger partial charge in [-0.15, -0.1) is 0 Å². The Labute approximate surface area is 194 Å². The van der Waals surface area contributed by atoms with Gasteiger partial charge in [0.2, 0.25) is 0 Å². The van der Waals surface area contributed by atoms with E-state index in [2.05, 4.69) is 15.1 Å². The Morgan fingerprint density at radius 2 is 1.83 bits per heavy atom. The highest BCUT2D eigenvalue weighted by Gasteiger charge is 2.33. The van der Waals surface area contributed by atoms with Crippen LogP contribution >= 0.6 is 0 Å². The van der Waals surface area contributed by atoms with Crippen molar-refractivity contribution in [1.82, 2.24) is 29.0 Å². The van der Waals surface area contributed by atoms with Gasteiger partial charge in [-0.05, 0) is 19.9 Å². The molecule has 13 heteroatoms. The molecule has 8 nitrogen and oxygen atoms in total. The van der Waals surface area contributed by atoms with Gasteiger partial charge < -0.3 is 9.64 Å². The van der Waals surface area contributed by atoms with Crippen LogP contribution in [-0.2, 0) is 11.3 Å². The van der Waals surface area contributed by atoms with Crippen LogP contribution in [0.3, 0.4) is 0 Å². The lowest BCUT2D eigenvalue weighted by atomic mass is 10.1. The average Bonchev–Trinajstić information content (AvgIpc) is 3.33. The van der Waals surface area contributed by atoms with Crippen molar-refractivity contribution in [3.8, 4) is 11.4 Å². The summed E-state index contributed by atoms with van der Waals surface area (Å²) in [5.74, 6) is -2.28. The van der Waals surface area contributed by atoms with Crippen molar-refractivity contribution in [2.24, 2.45) is 0 Å². The van der Waals surface area contributed by atoms with Crippen LogP contribution in [0, 0.1) is 11.6 Å². The monoisotopic (exact) mass is 494 g/mol. The Kier molecular flexibility index (Phi) is 5.46. The van der Waals surface area contributed by atoms with E-state index in [4.69, 9.17) is 4.74 Å². The highest BCUT2D eigenvalue weighted by atomic mass is 19.4. The largest absolute Gasteiger partial charge is 0.408 e. The highest BCUT2D eigenvalue weighted by Crippen LogP contribution is 2.31. The number of nitrogens with zero attached hydrogens (tertiary/aromatic N) is 6. The van der Waals surface area contributed by atoms with Crippen molar-refractivity contribution < 1.29 is 31.5 Å². The van der Waals surface area contributed by atoms with E-state index >= 15 is 0 Å². The number of morpholine rings is 1. The van der Waals surface area contributed by atoms with E-state index in [0.717, 1.165) is 10.6 Å². The molecule has 0 aromatic carbocycles. The summed E-state index contributed by atoms with van der Waals surface area (Å²) in [6.45, 7) is 2.83. The van der Waals surface area contributed by atoms with Gasteiger partial charge in [0.1, 0.15) is 23.7 Å². The SMILES string of the molecule is C[C@@H]1COC[C@H](C)N1C(=O)c1cc2c(cn1)c(-c1cnc3c(F)cc(F)cn13)nn2CC(F)(F)F. The Morgan fingerprint density at radius 1 is 1.11 bits per heavy atom. The third kappa shape index (κ3) is 4.09. The number of hydrogen-bond acceptors (Lipinski definition) is 5. The maximum Gasteiger partial charge on any atom is 0.408 e. The van der Waals surface area contributed by atoms with Crippen molar-refractivity contribution in [1.29, 1.82) is 0 Å². The first-order valence-corrected chi connectivity index (χ1v) is 10.7. The first kappa shape index (κ1) is 23.1. The van der Waals surface area contributed by atoms with E-state index < -0.39 is 30.3 Å². The first-order valence-electron chi connectivity index (χ1n) is 10.7. The lowest BCUT2D eigenvalue weighted by molar-refractivity contribution is -0.141. The number of carbonyl (C=O) groups is 1. The second-order valence-corrected chi connectivity index (χ2v) is 8.50. The number of alkyl halides is 3. The Balaban J connectivity index is 1.67. The van der Waals surface area contributed by atoms with E-state index in [9.17, 15) is 26.7 Å². The molecule has 1 amide bonds. The average molecular weight is 494 g/mol. The zero-order valence-corrected chi connectivity index (χ0v) is 18.6. The summed E-state index contributed by atoms with van der Waals surface area (Å²) < 4.78 is 75.3. The number of aromatic nitrogens is 5. The van der Waals surface area contributed by atoms with Crippen LogP contribution in [0.5, 0.6) is 0 Å². The van der Waals surface area contributed by atoms with E-state index in [1.165, 1.54) is 18.5 Å². The van der Waals surface area contributed by atoms with E-state index in [0.29, 0.717) is 24.0 Å². The zero-order valence-electron chi connectivity index (χ0n) is 18.6. The lowest BCUT2D eigenvalue weighted by Crippen LogP contribution is -2.52. The number of ether oxygens (including phenoxy) is 1. The number of rotatable bonds is 3. The molecule has 35 heavy (non-hydrogen) atoms. The third-order valence-electron chi connectivity index (χ3n) is 5.86. The molecule has 4 aromatic heterocycles. The summed E-state index contributed by atoms with van der Waals surface area (Å²) in [6, 6.07) is 1.41. The van der Waals surface area contributed by atoms with E-state index in [1.54, 1.807) is 18.7 Å². The van der Waals surface area contributed by atoms with Gasteiger partial charge in [-0.2, -0.15) is 18.3 Å². The number of halogens is 5. The standard InChI is InChI=1S/C22H19F5N6O2/c1-11-8-35-9-12(2)33(11)21(34)16-4-17-14(5-28-16)19(30-32(17)10-22(25,26)27)18-6-29-20-15(24)3-13(23)7-31(18)20/h3-7,11-12H,8-10H2,1-2H3/t11-,12+. The van der Waals surface area contributed by atoms with Crippen LogP contribution < -0.4 is 0 Å². The minimum absolute atomic E-state index is 0.00364. The summed E-state index contributed by atoms with van der Waals surface area (Å²) >= 11 is 0. The summed E-state index contributed by atoms with van der Waals surface area (Å²) in [5.41, 5.74) is -0.212. The summed E-state index contributed by atoms with van der Waals surface area (Å²) in [4.78, 5) is 22.9. The van der Waals surface area contributed by atoms with Crippen LogP contribution in [-0.4, -0.2) is 66.4 Å². The maximum atomic E-state index is 14.1. The van der Waals surface area contributed by atoms with Gasteiger partial charge in [0.05, 0.1) is 42.7 Å². The Morgan fingerprint density at radius 3 is 2.51 bits per heavy atom. The maximum absolute atomic E-state index is 14.1. The fraction of sp³-hybridized carbons (Fsp3) is 0.364. The van der Waals surface area contributed by atoms with Gasteiger partial charge in [-0.25, -0.2) is 13.8 Å². The summed E-state index contributed by atoms with van der Waals surface area (Å²) in [7, 11) is 0. The predicted octanol–water partition coefficient (Wildman–Crippen LogP) is 3.84. The Bertz CT molecular complexity index is 1440. The number of hydrogen-bond donors (Lipinski definition) is 0. The van der Waals surface area contributed by atoms with Gasteiger partial charge in [-0.1, -0.05) is 0 Å². The molecule has 0 saturated carbocycles. The van der Waals surface area contributed by atoms with Crippen LogP contribution in [0.2, 0.25) is 0 Å². The minimum atomic E-state index is -4.62. The fourth-order valence-corrected chi connectivity index (χ4v) is 4.39. The van der Waals surface area contributed by atoms with Crippen molar-refractivity contribution in [2.45, 2.75) is 38.7 Å². The lowest BCUT2D eigenvalue weighted by Gasteiger charge is -2.38. The fourth-order valence-electron chi connectivity index (χ4n) is 4.39. The van der Waals surface area contributed by atoms with Crippen LogP contribution in [0.15, 0.2) is 30.7 Å². The molecule has 0 spiro atoms. The summed E-state index contributed by atoms with van der Waals surface area (Å²) in [5, 5.41) is 4.24. The van der Waals surface area contributed by atoms with Crippen molar-refractivity contribution in [3.05, 3.63) is 48.1 Å². The molecule has 0 unspecified atom stereocenters. The van der Waals surface area contributed by atoms with Gasteiger partial charge in [-0.3, -0.25) is 18.9 Å². The molecule has 5 heterocycles. The number of imidazole rings is 1. The molecule has 0 N–H and O–H groups in total. The number of pyridine rings is 2. The molecule has 4 aromatic rings. The van der Waals surface area contributed by atoms with Crippen LogP contribution in [0.25, 0.3) is 27.9 Å². The topological polar surface area (TPSA) is 77.6 Å². The normalized spacial score (nSPS) is 19.1. The molecule has 0 aliphatic carbocycles. The molecule has 1 saturated heterocycles. The van der Waals surface area contributed by atoms with Gasteiger partial charge >= 0.3 is 6.18 Å². The Hall–Kier alpha value is -3.61. The van der Waals surface area contributed by atoms with E-state index in [1.807, 2.05) is 0 Å². The number of fused-ring (bicyclic) bond motifs is 2. The quantitative estimate of drug-likeness (QED) is 0.405. The minimum Gasteiger partial charge on any atom is -0.377 e. The highest BCUT2D eigenvalue weighted by molar-refractivity contribution is 5.99. The van der Waals surface area contributed by atoms with Gasteiger partial charge in [0, 0.05) is 23.8 Å². The van der Waals surface area contributed by atoms with Crippen LogP contribution in [0.4, 0.5) is 22.0 Å². The molecule has 5 rings (SSSR count). The molecule has 184 valence electrons. The molecule has 1 aliphatic heterocycles. The van der Waals surface area contributed by atoms with Gasteiger partial charge in [0.25, 0.3) is 5.91 Å². The molecule has 1 fully saturated rings. The van der Waals surface area contributed by atoms with Crippen molar-refractivity contribution >= 4 is 22.5 Å². The second-order valence-electron chi connectivity index (χ2n) is 8.50. The first-order chi connectivity index (χ1) is 16.5. The predicted molar refractivity (Wildman–Crippen MR) is 114 cm³/mol. The molecule has 1 aliphatic rings. The van der Waals surface area contributed by atoms with Gasteiger partial charge in [0.15, 0.2) is 11.5 Å². The smallest absolute Gasteiger partial charge is 0.377 e. The molecule has 0 radical (unpaired) electrons. The number of amides is 1.